The Morgan fingerprint density at radius 3 is 2.50 bits per heavy atom. The van der Waals surface area contributed by atoms with Gasteiger partial charge in [-0.05, 0) is 18.5 Å². The molecule has 1 unspecified atom stereocenters. The van der Waals surface area contributed by atoms with Crippen LogP contribution in [0, 0.1) is 0 Å². The highest BCUT2D eigenvalue weighted by Gasteiger charge is 2.10. The van der Waals surface area contributed by atoms with E-state index in [1.165, 1.54) is 31.2 Å². The number of benzene rings is 1. The standard InChI is InChI=1S/C16H27NO/c1-3-5-6-10-13-18-16(14-17-4-2)15-11-8-7-9-12-15/h7-9,11-12,16-17H,3-6,10,13-14H2,1-2H3. The molecule has 0 aromatic heterocycles. The average Bonchev–Trinajstić information content (AvgIpc) is 2.43. The molecule has 0 saturated heterocycles. The summed E-state index contributed by atoms with van der Waals surface area (Å²) in [5.74, 6) is 0. The summed E-state index contributed by atoms with van der Waals surface area (Å²) in [6.07, 6.45) is 5.22. The lowest BCUT2D eigenvalue weighted by atomic mass is 10.1. The molecule has 0 amide bonds. The Kier molecular flexibility index (Phi) is 8.53. The van der Waals surface area contributed by atoms with Gasteiger partial charge in [0.2, 0.25) is 0 Å². The van der Waals surface area contributed by atoms with Crippen LogP contribution in [0.3, 0.4) is 0 Å². The van der Waals surface area contributed by atoms with Gasteiger partial charge in [0.25, 0.3) is 0 Å². The van der Waals surface area contributed by atoms with Crippen molar-refractivity contribution in [1.82, 2.24) is 5.32 Å². The molecule has 0 radical (unpaired) electrons. The van der Waals surface area contributed by atoms with Crippen LogP contribution in [0.4, 0.5) is 0 Å². The largest absolute Gasteiger partial charge is 0.372 e. The number of nitrogens with one attached hydrogen (secondary N) is 1. The van der Waals surface area contributed by atoms with Crippen LogP contribution in [0.25, 0.3) is 0 Å². The molecule has 2 nitrogen and oxygen atoms in total. The topological polar surface area (TPSA) is 21.3 Å². The zero-order valence-corrected chi connectivity index (χ0v) is 11.8. The average molecular weight is 249 g/mol. The van der Waals surface area contributed by atoms with Crippen LogP contribution in [0.15, 0.2) is 30.3 Å². The van der Waals surface area contributed by atoms with E-state index in [1.807, 2.05) is 0 Å². The smallest absolute Gasteiger partial charge is 0.0949 e. The highest BCUT2D eigenvalue weighted by atomic mass is 16.5. The molecule has 1 atom stereocenters. The van der Waals surface area contributed by atoms with E-state index in [2.05, 4.69) is 49.5 Å². The molecule has 2 heteroatoms. The van der Waals surface area contributed by atoms with Crippen molar-refractivity contribution in [2.45, 2.75) is 45.6 Å². The second-order valence-corrected chi connectivity index (χ2v) is 4.64. The van der Waals surface area contributed by atoms with Crippen LogP contribution in [0.1, 0.15) is 51.2 Å². The fraction of sp³-hybridized carbons (Fsp3) is 0.625. The summed E-state index contributed by atoms with van der Waals surface area (Å²) in [7, 11) is 0. The minimum absolute atomic E-state index is 0.188. The van der Waals surface area contributed by atoms with Crippen molar-refractivity contribution in [3.63, 3.8) is 0 Å². The Bertz CT molecular complexity index is 286. The summed E-state index contributed by atoms with van der Waals surface area (Å²) in [6, 6.07) is 10.5. The molecular weight excluding hydrogens is 222 g/mol. The van der Waals surface area contributed by atoms with Crippen molar-refractivity contribution in [3.8, 4) is 0 Å². The van der Waals surface area contributed by atoms with E-state index in [0.717, 1.165) is 19.7 Å². The van der Waals surface area contributed by atoms with Gasteiger partial charge in [-0.25, -0.2) is 0 Å². The predicted octanol–water partition coefficient (Wildman–Crippen LogP) is 3.93. The molecule has 0 bridgehead atoms. The van der Waals surface area contributed by atoms with E-state index < -0.39 is 0 Å². The van der Waals surface area contributed by atoms with Crippen molar-refractivity contribution in [2.75, 3.05) is 19.7 Å². The first-order valence-corrected chi connectivity index (χ1v) is 7.25. The molecule has 1 aromatic carbocycles. The van der Waals surface area contributed by atoms with Crippen molar-refractivity contribution in [1.29, 1.82) is 0 Å². The number of hydrogen-bond donors (Lipinski definition) is 1. The van der Waals surface area contributed by atoms with Gasteiger partial charge in [-0.1, -0.05) is 63.4 Å². The monoisotopic (exact) mass is 249 g/mol. The maximum absolute atomic E-state index is 6.01. The minimum atomic E-state index is 0.188. The van der Waals surface area contributed by atoms with Crippen molar-refractivity contribution in [2.24, 2.45) is 0 Å². The van der Waals surface area contributed by atoms with Crippen LogP contribution in [-0.4, -0.2) is 19.7 Å². The number of rotatable bonds is 10. The van der Waals surface area contributed by atoms with Gasteiger partial charge in [-0.15, -0.1) is 0 Å². The first-order chi connectivity index (χ1) is 8.88. The number of ether oxygens (including phenoxy) is 1. The minimum Gasteiger partial charge on any atom is -0.372 e. The van der Waals surface area contributed by atoms with E-state index in [-0.39, 0.29) is 6.10 Å². The van der Waals surface area contributed by atoms with Crippen LogP contribution >= 0.6 is 0 Å². The van der Waals surface area contributed by atoms with Crippen LogP contribution in [0.2, 0.25) is 0 Å². The Balaban J connectivity index is 2.36. The van der Waals surface area contributed by atoms with Crippen molar-refractivity contribution in [3.05, 3.63) is 35.9 Å². The second kappa shape index (κ2) is 10.1. The maximum Gasteiger partial charge on any atom is 0.0949 e. The first-order valence-electron chi connectivity index (χ1n) is 7.25. The molecule has 1 aromatic rings. The summed E-state index contributed by atoms with van der Waals surface area (Å²) < 4.78 is 6.01. The SMILES string of the molecule is CCCCCCOC(CNCC)c1ccccc1. The quantitative estimate of drug-likeness (QED) is 0.634. The summed E-state index contributed by atoms with van der Waals surface area (Å²) in [5, 5.41) is 3.37. The van der Waals surface area contributed by atoms with Gasteiger partial charge in [0.05, 0.1) is 6.10 Å². The molecule has 0 spiro atoms. The Labute approximate surface area is 112 Å². The molecule has 0 aliphatic rings. The van der Waals surface area contributed by atoms with Crippen LogP contribution < -0.4 is 5.32 Å². The van der Waals surface area contributed by atoms with Gasteiger partial charge in [-0.2, -0.15) is 0 Å². The lowest BCUT2D eigenvalue weighted by Gasteiger charge is -2.18. The van der Waals surface area contributed by atoms with Crippen molar-refractivity contribution < 1.29 is 4.74 Å². The molecule has 0 heterocycles. The summed E-state index contributed by atoms with van der Waals surface area (Å²) in [6.45, 7) is 7.11. The van der Waals surface area contributed by atoms with Gasteiger partial charge >= 0.3 is 0 Å². The molecule has 0 aliphatic carbocycles. The van der Waals surface area contributed by atoms with E-state index in [9.17, 15) is 0 Å². The van der Waals surface area contributed by atoms with E-state index in [1.54, 1.807) is 0 Å². The van der Waals surface area contributed by atoms with Crippen LogP contribution in [0.5, 0.6) is 0 Å². The molecule has 0 fully saturated rings. The Morgan fingerprint density at radius 2 is 1.83 bits per heavy atom. The second-order valence-electron chi connectivity index (χ2n) is 4.64. The number of unbranched alkanes of at least 4 members (excludes halogenated alkanes) is 3. The fourth-order valence-corrected chi connectivity index (χ4v) is 1.97. The highest BCUT2D eigenvalue weighted by molar-refractivity contribution is 5.17. The van der Waals surface area contributed by atoms with Gasteiger partial charge < -0.3 is 10.1 Å². The zero-order chi connectivity index (χ0) is 13.1. The third-order valence-corrected chi connectivity index (χ3v) is 3.07. The maximum atomic E-state index is 6.01. The van der Waals surface area contributed by atoms with E-state index >= 15 is 0 Å². The molecule has 0 aliphatic heterocycles. The van der Waals surface area contributed by atoms with Gasteiger partial charge in [0, 0.05) is 13.2 Å². The normalized spacial score (nSPS) is 12.6. The molecular formula is C16H27NO. The molecule has 1 N–H and O–H groups in total. The van der Waals surface area contributed by atoms with E-state index in [0.29, 0.717) is 0 Å². The highest BCUT2D eigenvalue weighted by Crippen LogP contribution is 2.17. The van der Waals surface area contributed by atoms with Gasteiger partial charge in [0.15, 0.2) is 0 Å². The third kappa shape index (κ3) is 6.18. The summed E-state index contributed by atoms with van der Waals surface area (Å²) >= 11 is 0. The van der Waals surface area contributed by atoms with Gasteiger partial charge in [-0.3, -0.25) is 0 Å². The Hall–Kier alpha value is -0.860. The lowest BCUT2D eigenvalue weighted by Crippen LogP contribution is -2.23. The summed E-state index contributed by atoms with van der Waals surface area (Å²) in [5.41, 5.74) is 1.27. The van der Waals surface area contributed by atoms with Crippen LogP contribution in [-0.2, 0) is 4.74 Å². The van der Waals surface area contributed by atoms with Crippen molar-refractivity contribution >= 4 is 0 Å². The molecule has 102 valence electrons. The predicted molar refractivity (Wildman–Crippen MR) is 77.8 cm³/mol. The van der Waals surface area contributed by atoms with E-state index in [4.69, 9.17) is 4.74 Å². The summed E-state index contributed by atoms with van der Waals surface area (Å²) in [4.78, 5) is 0. The third-order valence-electron chi connectivity index (χ3n) is 3.07. The Morgan fingerprint density at radius 1 is 1.06 bits per heavy atom. The number of likely N-dealkylation sites (N-methyl/N-ethyl adjacent to an activating group) is 1. The first kappa shape index (κ1) is 15.2. The fourth-order valence-electron chi connectivity index (χ4n) is 1.97. The molecule has 1 rings (SSSR count). The molecule has 0 saturated carbocycles. The zero-order valence-electron chi connectivity index (χ0n) is 11.8. The lowest BCUT2D eigenvalue weighted by molar-refractivity contribution is 0.0502. The van der Waals surface area contributed by atoms with Gasteiger partial charge in [0.1, 0.15) is 0 Å². The number of hydrogen-bond acceptors (Lipinski definition) is 2. The molecule has 18 heavy (non-hydrogen) atoms.